The average molecular weight is 273 g/mol. The summed E-state index contributed by atoms with van der Waals surface area (Å²) >= 11 is 0. The third kappa shape index (κ3) is 4.47. The average Bonchev–Trinajstić information content (AvgIpc) is 2.79. The van der Waals surface area contributed by atoms with Crippen LogP contribution in [0.25, 0.3) is 0 Å². The molecule has 0 aliphatic heterocycles. The normalized spacial score (nSPS) is 19.1. The van der Waals surface area contributed by atoms with E-state index in [2.05, 4.69) is 5.32 Å². The van der Waals surface area contributed by atoms with Gasteiger partial charge in [-0.15, -0.1) is 0 Å². The van der Waals surface area contributed by atoms with E-state index in [0.29, 0.717) is 25.9 Å². The molecule has 1 unspecified atom stereocenters. The standard InChI is InChI=1S/C13H23NO5/c1-19-9-10(4-7-15)14-11(16)8-13(12(17)18)5-2-3-6-13/h10,15H,2-9H2,1H3,(H,14,16)(H,17,18). The van der Waals surface area contributed by atoms with Crippen molar-refractivity contribution in [1.82, 2.24) is 5.32 Å². The minimum absolute atomic E-state index is 0.00791. The molecular weight excluding hydrogens is 250 g/mol. The van der Waals surface area contributed by atoms with Crippen molar-refractivity contribution in [2.45, 2.75) is 44.6 Å². The smallest absolute Gasteiger partial charge is 0.310 e. The van der Waals surface area contributed by atoms with E-state index in [1.165, 1.54) is 7.11 Å². The summed E-state index contributed by atoms with van der Waals surface area (Å²) in [7, 11) is 1.52. The number of methoxy groups -OCH3 is 1. The molecule has 0 aromatic carbocycles. The van der Waals surface area contributed by atoms with Gasteiger partial charge in [0.05, 0.1) is 18.1 Å². The molecule has 1 atom stereocenters. The number of hydrogen-bond donors (Lipinski definition) is 3. The number of aliphatic hydroxyl groups is 1. The van der Waals surface area contributed by atoms with Gasteiger partial charge in [-0.1, -0.05) is 12.8 Å². The van der Waals surface area contributed by atoms with Gasteiger partial charge in [0.15, 0.2) is 0 Å². The number of rotatable bonds is 8. The van der Waals surface area contributed by atoms with Crippen molar-refractivity contribution in [2.75, 3.05) is 20.3 Å². The van der Waals surface area contributed by atoms with E-state index in [0.717, 1.165) is 12.8 Å². The maximum absolute atomic E-state index is 12.0. The van der Waals surface area contributed by atoms with Gasteiger partial charge in [0, 0.05) is 20.1 Å². The maximum atomic E-state index is 12.0. The lowest BCUT2D eigenvalue weighted by molar-refractivity contribution is -0.151. The van der Waals surface area contributed by atoms with Crippen LogP contribution >= 0.6 is 0 Å². The fourth-order valence-corrected chi connectivity index (χ4v) is 2.66. The molecule has 0 saturated heterocycles. The maximum Gasteiger partial charge on any atom is 0.310 e. The molecule has 3 N–H and O–H groups in total. The largest absolute Gasteiger partial charge is 0.481 e. The number of carbonyl (C=O) groups is 2. The van der Waals surface area contributed by atoms with Crippen LogP contribution in [-0.4, -0.2) is 48.5 Å². The summed E-state index contributed by atoms with van der Waals surface area (Å²) in [4.78, 5) is 23.3. The molecule has 1 amide bonds. The topological polar surface area (TPSA) is 95.9 Å². The summed E-state index contributed by atoms with van der Waals surface area (Å²) in [5.74, 6) is -1.16. The highest BCUT2D eigenvalue weighted by molar-refractivity contribution is 5.85. The lowest BCUT2D eigenvalue weighted by Crippen LogP contribution is -2.42. The number of aliphatic carboxylic acids is 1. The second kappa shape index (κ2) is 7.45. The van der Waals surface area contributed by atoms with Crippen LogP contribution in [0.4, 0.5) is 0 Å². The van der Waals surface area contributed by atoms with Crippen molar-refractivity contribution in [3.8, 4) is 0 Å². The molecule has 0 aromatic rings. The molecule has 110 valence electrons. The van der Waals surface area contributed by atoms with Crippen molar-refractivity contribution in [3.05, 3.63) is 0 Å². The number of hydrogen-bond acceptors (Lipinski definition) is 4. The van der Waals surface area contributed by atoms with E-state index in [4.69, 9.17) is 9.84 Å². The Morgan fingerprint density at radius 1 is 1.37 bits per heavy atom. The summed E-state index contributed by atoms with van der Waals surface area (Å²) in [6.07, 6.45) is 3.25. The van der Waals surface area contributed by atoms with E-state index >= 15 is 0 Å². The second-order valence-corrected chi connectivity index (χ2v) is 5.20. The van der Waals surface area contributed by atoms with Crippen molar-refractivity contribution in [3.63, 3.8) is 0 Å². The molecule has 19 heavy (non-hydrogen) atoms. The van der Waals surface area contributed by atoms with Crippen LogP contribution in [0.1, 0.15) is 38.5 Å². The molecule has 1 aliphatic rings. The predicted molar refractivity (Wildman–Crippen MR) is 68.7 cm³/mol. The fourth-order valence-electron chi connectivity index (χ4n) is 2.66. The van der Waals surface area contributed by atoms with Gasteiger partial charge >= 0.3 is 5.97 Å². The summed E-state index contributed by atoms with van der Waals surface area (Å²) in [6.45, 7) is 0.269. The monoisotopic (exact) mass is 273 g/mol. The van der Waals surface area contributed by atoms with Crippen LogP contribution in [0, 0.1) is 5.41 Å². The molecular formula is C13H23NO5. The van der Waals surface area contributed by atoms with Gasteiger partial charge in [-0.25, -0.2) is 0 Å². The Balaban J connectivity index is 2.54. The molecule has 0 heterocycles. The first-order valence-corrected chi connectivity index (χ1v) is 6.66. The summed E-state index contributed by atoms with van der Waals surface area (Å²) in [6, 6.07) is -0.269. The zero-order valence-electron chi connectivity index (χ0n) is 11.4. The summed E-state index contributed by atoms with van der Waals surface area (Å²) < 4.78 is 4.96. The first kappa shape index (κ1) is 15.9. The van der Waals surface area contributed by atoms with Gasteiger partial charge < -0.3 is 20.3 Å². The summed E-state index contributed by atoms with van der Waals surface area (Å²) in [5.41, 5.74) is -0.902. The number of ether oxygens (including phenoxy) is 1. The number of nitrogens with one attached hydrogen (secondary N) is 1. The molecule has 0 radical (unpaired) electrons. The Morgan fingerprint density at radius 2 is 2.00 bits per heavy atom. The van der Waals surface area contributed by atoms with Crippen molar-refractivity contribution in [1.29, 1.82) is 0 Å². The van der Waals surface area contributed by atoms with Crippen LogP contribution < -0.4 is 5.32 Å². The highest BCUT2D eigenvalue weighted by Crippen LogP contribution is 2.41. The van der Waals surface area contributed by atoms with E-state index in [-0.39, 0.29) is 25.0 Å². The van der Waals surface area contributed by atoms with Crippen molar-refractivity contribution in [2.24, 2.45) is 5.41 Å². The number of carboxylic acid groups (broad SMARTS) is 1. The van der Waals surface area contributed by atoms with Crippen LogP contribution in [0.5, 0.6) is 0 Å². The molecule has 1 rings (SSSR count). The third-order valence-electron chi connectivity index (χ3n) is 3.72. The number of aliphatic hydroxyl groups excluding tert-OH is 1. The summed E-state index contributed by atoms with van der Waals surface area (Å²) in [5, 5.41) is 20.9. The first-order valence-electron chi connectivity index (χ1n) is 6.66. The van der Waals surface area contributed by atoms with E-state index in [9.17, 15) is 14.7 Å². The minimum Gasteiger partial charge on any atom is -0.481 e. The molecule has 0 bridgehead atoms. The number of carboxylic acids is 1. The van der Waals surface area contributed by atoms with E-state index in [1.807, 2.05) is 0 Å². The van der Waals surface area contributed by atoms with Crippen molar-refractivity contribution < 1.29 is 24.5 Å². The zero-order chi connectivity index (χ0) is 14.3. The van der Waals surface area contributed by atoms with Gasteiger partial charge in [0.25, 0.3) is 0 Å². The van der Waals surface area contributed by atoms with Gasteiger partial charge in [0.1, 0.15) is 0 Å². The Morgan fingerprint density at radius 3 is 2.47 bits per heavy atom. The van der Waals surface area contributed by atoms with Gasteiger partial charge in [0.2, 0.25) is 5.91 Å². The molecule has 1 aliphatic carbocycles. The Hall–Kier alpha value is -1.14. The Kier molecular flexibility index (Phi) is 6.24. The lowest BCUT2D eigenvalue weighted by Gasteiger charge is -2.24. The molecule has 1 fully saturated rings. The van der Waals surface area contributed by atoms with E-state index in [1.54, 1.807) is 0 Å². The fraction of sp³-hybridized carbons (Fsp3) is 0.846. The highest BCUT2D eigenvalue weighted by Gasteiger charge is 2.43. The molecule has 0 spiro atoms. The van der Waals surface area contributed by atoms with Crippen LogP contribution in [0.3, 0.4) is 0 Å². The Bertz CT molecular complexity index is 306. The van der Waals surface area contributed by atoms with Crippen LogP contribution in [0.2, 0.25) is 0 Å². The first-order chi connectivity index (χ1) is 9.04. The zero-order valence-corrected chi connectivity index (χ0v) is 11.4. The van der Waals surface area contributed by atoms with Crippen LogP contribution in [0.15, 0.2) is 0 Å². The van der Waals surface area contributed by atoms with Gasteiger partial charge in [-0.3, -0.25) is 9.59 Å². The highest BCUT2D eigenvalue weighted by atomic mass is 16.5. The number of carbonyl (C=O) groups excluding carboxylic acids is 1. The quantitative estimate of drug-likeness (QED) is 0.599. The lowest BCUT2D eigenvalue weighted by atomic mass is 9.82. The Labute approximate surface area is 113 Å². The SMILES string of the molecule is COCC(CCO)NC(=O)CC1(C(=O)O)CCCC1. The molecule has 6 nitrogen and oxygen atoms in total. The van der Waals surface area contributed by atoms with Crippen molar-refractivity contribution >= 4 is 11.9 Å². The van der Waals surface area contributed by atoms with Gasteiger partial charge in [-0.05, 0) is 19.3 Å². The number of amides is 1. The minimum atomic E-state index is -0.902. The predicted octanol–water partition coefficient (Wildman–Crippen LogP) is 0.535. The second-order valence-electron chi connectivity index (χ2n) is 5.20. The van der Waals surface area contributed by atoms with Gasteiger partial charge in [-0.2, -0.15) is 0 Å². The molecule has 0 aromatic heterocycles. The molecule has 1 saturated carbocycles. The third-order valence-corrected chi connectivity index (χ3v) is 3.72. The van der Waals surface area contributed by atoms with E-state index < -0.39 is 11.4 Å². The molecule has 6 heteroatoms. The van der Waals surface area contributed by atoms with Crippen LogP contribution in [-0.2, 0) is 14.3 Å².